The van der Waals surface area contributed by atoms with Gasteiger partial charge in [0.25, 0.3) is 5.91 Å². The number of carbonyl (C=O) groups is 1. The van der Waals surface area contributed by atoms with Crippen LogP contribution in [0.1, 0.15) is 25.7 Å². The monoisotopic (exact) mass is 354 g/mol. The second-order valence-electron chi connectivity index (χ2n) is 4.36. The third kappa shape index (κ3) is 3.39. The van der Waals surface area contributed by atoms with Crippen LogP contribution in [0.2, 0.25) is 0 Å². The average Bonchev–Trinajstić information content (AvgIpc) is 2.80. The number of nitrogens with one attached hydrogen (secondary N) is 1. The van der Waals surface area contributed by atoms with Crippen molar-refractivity contribution >= 4 is 33.2 Å². The number of carbonyl (C=O) groups excluding carboxylic acids is 1. The van der Waals surface area contributed by atoms with Gasteiger partial charge in [0.1, 0.15) is 12.4 Å². The van der Waals surface area contributed by atoms with E-state index >= 15 is 0 Å². The maximum Gasteiger partial charge on any atom is 0.275 e. The second kappa shape index (κ2) is 6.39. The number of nitrogen functional groups attached to an aromatic ring is 1. The van der Waals surface area contributed by atoms with E-state index in [2.05, 4.69) is 21.4 Å². The number of thiophene rings is 1. The summed E-state index contributed by atoms with van der Waals surface area (Å²) in [6.07, 6.45) is 0. The van der Waals surface area contributed by atoms with E-state index in [4.69, 9.17) is 10.6 Å². The number of ether oxygens (including phenoxy) is 1. The first-order valence-corrected chi connectivity index (χ1v) is 7.61. The summed E-state index contributed by atoms with van der Waals surface area (Å²) in [5, 5.41) is 0. The van der Waals surface area contributed by atoms with Crippen molar-refractivity contribution in [3.05, 3.63) is 49.6 Å². The number of aryl methyl sites for hydroxylation is 2. The molecule has 6 heteroatoms. The van der Waals surface area contributed by atoms with Gasteiger partial charge in [-0.2, -0.15) is 0 Å². The van der Waals surface area contributed by atoms with E-state index in [0.717, 1.165) is 26.2 Å². The molecule has 0 aliphatic carbocycles. The van der Waals surface area contributed by atoms with Crippen molar-refractivity contribution in [3.8, 4) is 5.75 Å². The van der Waals surface area contributed by atoms with E-state index in [-0.39, 0.29) is 5.91 Å². The molecule has 0 aliphatic rings. The molecular weight excluding hydrogens is 340 g/mol. The SMILES string of the molecule is Cc1ccc(Br)cc1OCc1cc(C(=O)NN)sc1C. The maximum atomic E-state index is 11.5. The minimum absolute atomic E-state index is 0.275. The molecule has 2 rings (SSSR count). The quantitative estimate of drug-likeness (QED) is 0.502. The van der Waals surface area contributed by atoms with Crippen LogP contribution in [-0.4, -0.2) is 5.91 Å². The van der Waals surface area contributed by atoms with Crippen molar-refractivity contribution in [2.24, 2.45) is 5.84 Å². The molecule has 1 heterocycles. The fraction of sp³-hybridized carbons (Fsp3) is 0.214. The highest BCUT2D eigenvalue weighted by molar-refractivity contribution is 9.10. The van der Waals surface area contributed by atoms with Gasteiger partial charge in [-0.25, -0.2) is 5.84 Å². The third-order valence-corrected chi connectivity index (χ3v) is 4.49. The third-order valence-electron chi connectivity index (χ3n) is 2.91. The minimum Gasteiger partial charge on any atom is -0.489 e. The van der Waals surface area contributed by atoms with Crippen molar-refractivity contribution in [3.63, 3.8) is 0 Å². The van der Waals surface area contributed by atoms with Crippen molar-refractivity contribution < 1.29 is 9.53 Å². The molecule has 0 radical (unpaired) electrons. The normalized spacial score (nSPS) is 10.4. The van der Waals surface area contributed by atoms with Gasteiger partial charge in [0.05, 0.1) is 4.88 Å². The molecule has 4 nitrogen and oxygen atoms in total. The number of hydrazine groups is 1. The van der Waals surface area contributed by atoms with E-state index in [0.29, 0.717) is 11.5 Å². The van der Waals surface area contributed by atoms with Crippen LogP contribution in [0.4, 0.5) is 0 Å². The van der Waals surface area contributed by atoms with Gasteiger partial charge >= 0.3 is 0 Å². The summed E-state index contributed by atoms with van der Waals surface area (Å²) in [6.45, 7) is 4.39. The Kier molecular flexibility index (Phi) is 4.80. The Morgan fingerprint density at radius 2 is 2.15 bits per heavy atom. The molecule has 0 saturated carbocycles. The maximum absolute atomic E-state index is 11.5. The Morgan fingerprint density at radius 1 is 1.40 bits per heavy atom. The van der Waals surface area contributed by atoms with E-state index < -0.39 is 0 Å². The first kappa shape index (κ1) is 15.0. The van der Waals surface area contributed by atoms with Crippen LogP contribution in [0.3, 0.4) is 0 Å². The summed E-state index contributed by atoms with van der Waals surface area (Å²) in [7, 11) is 0. The highest BCUT2D eigenvalue weighted by atomic mass is 79.9. The van der Waals surface area contributed by atoms with Gasteiger partial charge in [-0.05, 0) is 37.6 Å². The molecular formula is C14H15BrN2O2S. The van der Waals surface area contributed by atoms with Gasteiger partial charge in [-0.3, -0.25) is 10.2 Å². The van der Waals surface area contributed by atoms with Crippen LogP contribution in [0.25, 0.3) is 0 Å². The van der Waals surface area contributed by atoms with Gasteiger partial charge in [-0.1, -0.05) is 22.0 Å². The lowest BCUT2D eigenvalue weighted by atomic mass is 10.2. The summed E-state index contributed by atoms with van der Waals surface area (Å²) in [5.41, 5.74) is 4.20. The summed E-state index contributed by atoms with van der Waals surface area (Å²) >= 11 is 4.83. The van der Waals surface area contributed by atoms with Crippen LogP contribution in [0.5, 0.6) is 5.75 Å². The molecule has 0 atom stereocenters. The Balaban J connectivity index is 2.13. The molecule has 1 amide bonds. The number of hydrogen-bond donors (Lipinski definition) is 2. The molecule has 0 unspecified atom stereocenters. The lowest BCUT2D eigenvalue weighted by molar-refractivity contribution is 0.0957. The standard InChI is InChI=1S/C14H15BrN2O2S/c1-8-3-4-11(15)6-12(8)19-7-10-5-13(14(18)17-16)20-9(10)2/h3-6H,7,16H2,1-2H3,(H,17,18). The predicted octanol–water partition coefficient (Wildman–Crippen LogP) is 3.31. The summed E-state index contributed by atoms with van der Waals surface area (Å²) < 4.78 is 6.80. The Hall–Kier alpha value is -1.37. The zero-order chi connectivity index (χ0) is 14.7. The first-order chi connectivity index (χ1) is 9.51. The summed E-state index contributed by atoms with van der Waals surface area (Å²) in [6, 6.07) is 7.72. The molecule has 0 bridgehead atoms. The van der Waals surface area contributed by atoms with E-state index in [1.54, 1.807) is 0 Å². The molecule has 1 aromatic heterocycles. The number of halogens is 1. The zero-order valence-corrected chi connectivity index (χ0v) is 13.6. The van der Waals surface area contributed by atoms with Crippen LogP contribution < -0.4 is 16.0 Å². The minimum atomic E-state index is -0.275. The molecule has 106 valence electrons. The van der Waals surface area contributed by atoms with Gasteiger partial charge in [-0.15, -0.1) is 11.3 Å². The van der Waals surface area contributed by atoms with E-state index in [1.807, 2.05) is 38.1 Å². The molecule has 3 N–H and O–H groups in total. The van der Waals surface area contributed by atoms with Gasteiger partial charge in [0.15, 0.2) is 0 Å². The first-order valence-electron chi connectivity index (χ1n) is 6.00. The van der Waals surface area contributed by atoms with Gasteiger partial charge in [0.2, 0.25) is 0 Å². The Bertz CT molecular complexity index is 640. The number of amides is 1. The van der Waals surface area contributed by atoms with E-state index in [1.165, 1.54) is 11.3 Å². The van der Waals surface area contributed by atoms with Crippen molar-refractivity contribution in [1.29, 1.82) is 0 Å². The Labute approximate surface area is 130 Å². The van der Waals surface area contributed by atoms with Crippen LogP contribution in [0.15, 0.2) is 28.7 Å². The van der Waals surface area contributed by atoms with Crippen LogP contribution >= 0.6 is 27.3 Å². The molecule has 20 heavy (non-hydrogen) atoms. The lowest BCUT2D eigenvalue weighted by Gasteiger charge is -2.09. The molecule has 2 aromatic rings. The summed E-state index contributed by atoms with van der Waals surface area (Å²) in [5.74, 6) is 5.69. The van der Waals surface area contributed by atoms with E-state index in [9.17, 15) is 4.79 Å². The molecule has 0 fully saturated rings. The largest absolute Gasteiger partial charge is 0.489 e. The van der Waals surface area contributed by atoms with Crippen LogP contribution in [-0.2, 0) is 6.61 Å². The molecule has 0 aliphatic heterocycles. The van der Waals surface area contributed by atoms with Crippen LogP contribution in [0, 0.1) is 13.8 Å². The number of rotatable bonds is 4. The number of hydrogen-bond acceptors (Lipinski definition) is 4. The Morgan fingerprint density at radius 3 is 2.85 bits per heavy atom. The molecule has 1 aromatic carbocycles. The topological polar surface area (TPSA) is 64.3 Å². The number of benzene rings is 1. The number of nitrogens with two attached hydrogens (primary N) is 1. The second-order valence-corrected chi connectivity index (χ2v) is 6.54. The highest BCUT2D eigenvalue weighted by Crippen LogP contribution is 2.26. The van der Waals surface area contributed by atoms with Crippen molar-refractivity contribution in [2.45, 2.75) is 20.5 Å². The van der Waals surface area contributed by atoms with Crippen molar-refractivity contribution in [1.82, 2.24) is 5.43 Å². The predicted molar refractivity (Wildman–Crippen MR) is 83.9 cm³/mol. The lowest BCUT2D eigenvalue weighted by Crippen LogP contribution is -2.29. The van der Waals surface area contributed by atoms with Crippen molar-refractivity contribution in [2.75, 3.05) is 0 Å². The smallest absolute Gasteiger partial charge is 0.275 e. The van der Waals surface area contributed by atoms with Gasteiger partial charge in [0, 0.05) is 14.9 Å². The fourth-order valence-electron chi connectivity index (χ4n) is 1.73. The molecule has 0 saturated heterocycles. The average molecular weight is 355 g/mol. The summed E-state index contributed by atoms with van der Waals surface area (Å²) in [4.78, 5) is 13.1. The van der Waals surface area contributed by atoms with Gasteiger partial charge < -0.3 is 4.74 Å². The fourth-order valence-corrected chi connectivity index (χ4v) is 3.00. The highest BCUT2D eigenvalue weighted by Gasteiger charge is 2.12. The molecule has 0 spiro atoms. The zero-order valence-electron chi connectivity index (χ0n) is 11.2.